The number of nitrogens with zero attached hydrogens (tertiary/aromatic N) is 3. The van der Waals surface area contributed by atoms with E-state index in [-0.39, 0.29) is 11.5 Å². The van der Waals surface area contributed by atoms with Gasteiger partial charge in [-0.1, -0.05) is 29.4 Å². The first-order chi connectivity index (χ1) is 15.6. The summed E-state index contributed by atoms with van der Waals surface area (Å²) in [6.45, 7) is 0.726. The van der Waals surface area contributed by atoms with Crippen molar-refractivity contribution in [2.75, 3.05) is 27.3 Å². The van der Waals surface area contributed by atoms with Gasteiger partial charge in [-0.25, -0.2) is 4.79 Å². The molecule has 9 nitrogen and oxygen atoms in total. The van der Waals surface area contributed by atoms with Crippen molar-refractivity contribution in [3.8, 4) is 22.9 Å². The Morgan fingerprint density at radius 1 is 1.06 bits per heavy atom. The number of carbonyl (C=O) groups excluding carboxylic acids is 1. The van der Waals surface area contributed by atoms with Crippen LogP contribution in [0.2, 0.25) is 0 Å². The lowest BCUT2D eigenvalue weighted by Crippen LogP contribution is -2.49. The Morgan fingerprint density at radius 3 is 2.59 bits per heavy atom. The number of methoxy groups -OCH3 is 2. The van der Waals surface area contributed by atoms with Crippen molar-refractivity contribution in [1.29, 1.82) is 0 Å². The number of fused-ring (bicyclic) bond motifs is 1. The Balaban J connectivity index is 1.33. The van der Waals surface area contributed by atoms with Gasteiger partial charge in [-0.15, -0.1) is 0 Å². The molecule has 3 heterocycles. The molecule has 1 aliphatic heterocycles. The molecule has 1 amide bonds. The average Bonchev–Trinajstić information content (AvgIpc) is 3.26. The first kappa shape index (κ1) is 19.8. The van der Waals surface area contributed by atoms with Gasteiger partial charge in [-0.05, 0) is 24.3 Å². The largest absolute Gasteiger partial charge is 0.496 e. The van der Waals surface area contributed by atoms with Crippen molar-refractivity contribution in [1.82, 2.24) is 15.0 Å². The molecule has 1 saturated heterocycles. The summed E-state index contributed by atoms with van der Waals surface area (Å²) in [5.74, 6) is 1.43. The first-order valence-electron chi connectivity index (χ1n) is 9.96. The molecule has 0 saturated carbocycles. The van der Waals surface area contributed by atoms with E-state index in [0.29, 0.717) is 47.3 Å². The average molecular weight is 433 g/mol. The number of likely N-dealkylation sites (tertiary alicyclic amines) is 1. The molecule has 32 heavy (non-hydrogen) atoms. The maximum atomic E-state index is 12.9. The fourth-order valence-corrected chi connectivity index (χ4v) is 3.74. The van der Waals surface area contributed by atoms with Crippen molar-refractivity contribution in [3.05, 3.63) is 70.4 Å². The number of benzene rings is 2. The summed E-state index contributed by atoms with van der Waals surface area (Å²) in [7, 11) is 3.07. The number of ether oxygens (including phenoxy) is 2. The topological polar surface area (TPSA) is 108 Å². The van der Waals surface area contributed by atoms with Crippen LogP contribution in [0, 0.1) is 0 Å². The Bertz CT molecular complexity index is 1370. The third-order valence-electron chi connectivity index (χ3n) is 5.48. The van der Waals surface area contributed by atoms with Gasteiger partial charge in [0.1, 0.15) is 11.3 Å². The Labute approximate surface area is 182 Å². The van der Waals surface area contributed by atoms with Crippen molar-refractivity contribution < 1.29 is 23.2 Å². The SMILES string of the molecule is COc1ccccc1-c1noc(C2CN(C(=O)c3cc4cccc(OC)c4oc3=O)C2)n1. The quantitative estimate of drug-likeness (QED) is 0.442. The highest BCUT2D eigenvalue weighted by Crippen LogP contribution is 2.32. The van der Waals surface area contributed by atoms with Crippen molar-refractivity contribution in [2.45, 2.75) is 5.92 Å². The molecule has 2 aromatic heterocycles. The van der Waals surface area contributed by atoms with Gasteiger partial charge in [0.05, 0.1) is 25.7 Å². The zero-order chi connectivity index (χ0) is 22.2. The highest BCUT2D eigenvalue weighted by molar-refractivity contribution is 5.97. The fourth-order valence-electron chi connectivity index (χ4n) is 3.74. The van der Waals surface area contributed by atoms with Crippen LogP contribution < -0.4 is 15.1 Å². The molecule has 9 heteroatoms. The second-order valence-electron chi connectivity index (χ2n) is 7.39. The minimum Gasteiger partial charge on any atom is -0.496 e. The van der Waals surface area contributed by atoms with Crippen LogP contribution in [0.3, 0.4) is 0 Å². The predicted molar refractivity (Wildman–Crippen MR) is 114 cm³/mol. The summed E-state index contributed by atoms with van der Waals surface area (Å²) in [4.78, 5) is 31.3. The molecule has 0 bridgehead atoms. The smallest absolute Gasteiger partial charge is 0.349 e. The number of hydrogen-bond acceptors (Lipinski definition) is 8. The molecule has 1 aliphatic rings. The van der Waals surface area contributed by atoms with Crippen LogP contribution >= 0.6 is 0 Å². The molecule has 0 radical (unpaired) electrons. The first-order valence-corrected chi connectivity index (χ1v) is 9.96. The molecule has 162 valence electrons. The number of amides is 1. The van der Waals surface area contributed by atoms with E-state index in [9.17, 15) is 9.59 Å². The molecule has 0 N–H and O–H groups in total. The maximum Gasteiger partial charge on any atom is 0.349 e. The normalized spacial score (nSPS) is 13.8. The molecule has 5 rings (SSSR count). The second-order valence-corrected chi connectivity index (χ2v) is 7.39. The molecule has 4 aromatic rings. The van der Waals surface area contributed by atoms with Gasteiger partial charge in [-0.3, -0.25) is 4.79 Å². The van der Waals surface area contributed by atoms with Gasteiger partial charge >= 0.3 is 5.63 Å². The van der Waals surface area contributed by atoms with Crippen molar-refractivity contribution in [2.24, 2.45) is 0 Å². The van der Waals surface area contributed by atoms with Crippen LogP contribution in [0.5, 0.6) is 11.5 Å². The highest BCUT2D eigenvalue weighted by Gasteiger charge is 2.37. The summed E-state index contributed by atoms with van der Waals surface area (Å²) in [6.07, 6.45) is 0. The van der Waals surface area contributed by atoms with Crippen LogP contribution in [0.1, 0.15) is 22.2 Å². The van der Waals surface area contributed by atoms with E-state index < -0.39 is 11.5 Å². The highest BCUT2D eigenvalue weighted by atomic mass is 16.5. The zero-order valence-electron chi connectivity index (χ0n) is 17.4. The number of carbonyl (C=O) groups is 1. The van der Waals surface area contributed by atoms with Gasteiger partial charge in [0.2, 0.25) is 11.7 Å². The molecule has 0 spiro atoms. The Kier molecular flexibility index (Phi) is 4.85. The van der Waals surface area contributed by atoms with E-state index in [1.807, 2.05) is 24.3 Å². The summed E-state index contributed by atoms with van der Waals surface area (Å²) >= 11 is 0. The van der Waals surface area contributed by atoms with E-state index in [2.05, 4.69) is 10.1 Å². The summed E-state index contributed by atoms with van der Waals surface area (Å²) in [5, 5.41) is 4.66. The maximum absolute atomic E-state index is 12.9. The summed E-state index contributed by atoms with van der Waals surface area (Å²) in [6, 6.07) is 14.1. The molecule has 1 fully saturated rings. The van der Waals surface area contributed by atoms with E-state index in [4.69, 9.17) is 18.4 Å². The van der Waals surface area contributed by atoms with Crippen molar-refractivity contribution >= 4 is 16.9 Å². The number of rotatable bonds is 5. The fraction of sp³-hybridized carbons (Fsp3) is 0.217. The molecular weight excluding hydrogens is 414 g/mol. The van der Waals surface area contributed by atoms with Crippen LogP contribution in [0.15, 0.2) is 62.3 Å². The van der Waals surface area contributed by atoms with E-state index in [1.165, 1.54) is 13.2 Å². The molecular formula is C23H19N3O6. The van der Waals surface area contributed by atoms with Crippen LogP contribution in [0.4, 0.5) is 0 Å². The summed E-state index contributed by atoms with van der Waals surface area (Å²) in [5.41, 5.74) is 0.311. The van der Waals surface area contributed by atoms with Gasteiger partial charge < -0.3 is 23.3 Å². The van der Waals surface area contributed by atoms with Gasteiger partial charge in [0.25, 0.3) is 5.91 Å². The number of hydrogen-bond donors (Lipinski definition) is 0. The minimum atomic E-state index is -0.702. The van der Waals surface area contributed by atoms with Crippen LogP contribution in [-0.4, -0.2) is 48.3 Å². The van der Waals surface area contributed by atoms with Crippen LogP contribution in [0.25, 0.3) is 22.4 Å². The second kappa shape index (κ2) is 7.84. The third-order valence-corrected chi connectivity index (χ3v) is 5.48. The molecule has 0 atom stereocenters. The lowest BCUT2D eigenvalue weighted by Gasteiger charge is -2.36. The zero-order valence-corrected chi connectivity index (χ0v) is 17.4. The van der Waals surface area contributed by atoms with Crippen molar-refractivity contribution in [3.63, 3.8) is 0 Å². The van der Waals surface area contributed by atoms with E-state index in [1.54, 1.807) is 30.2 Å². The Morgan fingerprint density at radius 2 is 1.81 bits per heavy atom. The van der Waals surface area contributed by atoms with Gasteiger partial charge in [-0.2, -0.15) is 4.98 Å². The van der Waals surface area contributed by atoms with E-state index in [0.717, 1.165) is 5.56 Å². The summed E-state index contributed by atoms with van der Waals surface area (Å²) < 4.78 is 21.3. The van der Waals surface area contributed by atoms with Gasteiger partial charge in [0.15, 0.2) is 11.3 Å². The molecule has 2 aromatic carbocycles. The molecule has 0 unspecified atom stereocenters. The molecule has 0 aliphatic carbocycles. The lowest BCUT2D eigenvalue weighted by molar-refractivity contribution is 0.0565. The Hall–Kier alpha value is -4.14. The van der Waals surface area contributed by atoms with E-state index >= 15 is 0 Å². The monoisotopic (exact) mass is 433 g/mol. The predicted octanol–water partition coefficient (Wildman–Crippen LogP) is 3.10. The number of para-hydroxylation sites is 2. The number of aromatic nitrogens is 2. The standard InChI is InChI=1S/C23H19N3O6/c1-29-17-8-4-3-7-15(17)20-24-21(32-25-20)14-11-26(12-14)22(27)16-10-13-6-5-9-18(30-2)19(13)31-23(16)28/h3-10,14H,11-12H2,1-2H3. The minimum absolute atomic E-state index is 0.0237. The van der Waals surface area contributed by atoms with Crippen LogP contribution in [-0.2, 0) is 0 Å². The third kappa shape index (κ3) is 3.27. The van der Waals surface area contributed by atoms with Gasteiger partial charge in [0, 0.05) is 18.5 Å². The lowest BCUT2D eigenvalue weighted by atomic mass is 9.99.